The molecule has 30 heavy (non-hydrogen) atoms. The first-order valence-corrected chi connectivity index (χ1v) is 12.4. The van der Waals surface area contributed by atoms with Gasteiger partial charge < -0.3 is 4.57 Å². The molecule has 2 aromatic heterocycles. The van der Waals surface area contributed by atoms with Gasteiger partial charge >= 0.3 is 5.69 Å². The Kier molecular flexibility index (Phi) is 8.39. The summed E-state index contributed by atoms with van der Waals surface area (Å²) in [4.78, 5) is 31.7. The number of aromatic nitrogens is 4. The number of H-pyrrole nitrogens is 1. The molecule has 8 heteroatoms. The van der Waals surface area contributed by atoms with Crippen molar-refractivity contribution in [3.05, 3.63) is 55.1 Å². The predicted molar refractivity (Wildman–Crippen MR) is 128 cm³/mol. The zero-order valence-electron chi connectivity index (χ0n) is 17.6. The summed E-state index contributed by atoms with van der Waals surface area (Å²) < 4.78 is 4.33. The van der Waals surface area contributed by atoms with Gasteiger partial charge in [0, 0.05) is 17.3 Å². The molecule has 2 heterocycles. The minimum absolute atomic E-state index is 0.390. The Morgan fingerprint density at radius 1 is 1.10 bits per heavy atom. The molecular formula is C22H29BrN4O2S. The van der Waals surface area contributed by atoms with Crippen LogP contribution in [0, 0.1) is 0 Å². The number of halogens is 1. The van der Waals surface area contributed by atoms with Gasteiger partial charge in [-0.15, -0.1) is 0 Å². The van der Waals surface area contributed by atoms with Gasteiger partial charge in [0.05, 0.1) is 6.54 Å². The van der Waals surface area contributed by atoms with Crippen LogP contribution in [0.15, 0.2) is 43.5 Å². The number of thioether (sulfide) groups is 1. The first-order valence-electron chi connectivity index (χ1n) is 10.6. The lowest BCUT2D eigenvalue weighted by atomic mass is 10.1. The maximum absolute atomic E-state index is 12.6. The summed E-state index contributed by atoms with van der Waals surface area (Å²) in [6, 6.07) is 8.01. The second kappa shape index (κ2) is 11.0. The molecule has 0 aliphatic heterocycles. The van der Waals surface area contributed by atoms with E-state index in [9.17, 15) is 9.59 Å². The van der Waals surface area contributed by atoms with E-state index < -0.39 is 11.2 Å². The van der Waals surface area contributed by atoms with Gasteiger partial charge in [0.15, 0.2) is 16.3 Å². The zero-order valence-corrected chi connectivity index (χ0v) is 20.0. The quantitative estimate of drug-likeness (QED) is 0.299. The molecule has 0 spiro atoms. The van der Waals surface area contributed by atoms with E-state index in [1.54, 1.807) is 18.8 Å². The first kappa shape index (κ1) is 22.9. The van der Waals surface area contributed by atoms with E-state index in [0.717, 1.165) is 27.4 Å². The largest absolute Gasteiger partial charge is 0.329 e. The summed E-state index contributed by atoms with van der Waals surface area (Å²) in [6.45, 7) is 2.76. The van der Waals surface area contributed by atoms with E-state index in [4.69, 9.17) is 0 Å². The highest BCUT2D eigenvalue weighted by molar-refractivity contribution is 9.10. The Balaban J connectivity index is 1.80. The maximum Gasteiger partial charge on any atom is 0.329 e. The van der Waals surface area contributed by atoms with E-state index in [2.05, 4.69) is 32.8 Å². The predicted octanol–water partition coefficient (Wildman–Crippen LogP) is 5.08. The molecule has 1 N–H and O–H groups in total. The number of benzene rings is 1. The van der Waals surface area contributed by atoms with E-state index in [1.165, 1.54) is 43.1 Å². The Bertz CT molecular complexity index is 1100. The molecule has 0 fully saturated rings. The SMILES string of the molecule is CCCCCCCCCSc1nc2c(c(=O)[nH]c(=O)n2C)n1Cc1cccc(Br)c1. The van der Waals surface area contributed by atoms with Gasteiger partial charge in [0.2, 0.25) is 0 Å². The number of hydrogen-bond donors (Lipinski definition) is 1. The molecule has 1 aromatic carbocycles. The molecule has 0 saturated carbocycles. The summed E-state index contributed by atoms with van der Waals surface area (Å²) in [5.41, 5.74) is 1.11. The smallest absolute Gasteiger partial charge is 0.309 e. The maximum atomic E-state index is 12.6. The lowest BCUT2D eigenvalue weighted by Gasteiger charge is -2.09. The zero-order chi connectivity index (χ0) is 21.5. The lowest BCUT2D eigenvalue weighted by Crippen LogP contribution is -2.29. The number of fused-ring (bicyclic) bond motifs is 1. The number of aryl methyl sites for hydroxylation is 1. The number of hydrogen-bond acceptors (Lipinski definition) is 4. The second-order valence-electron chi connectivity index (χ2n) is 7.57. The minimum atomic E-state index is -0.441. The summed E-state index contributed by atoms with van der Waals surface area (Å²) in [6.07, 6.45) is 8.81. The van der Waals surface area contributed by atoms with Crippen molar-refractivity contribution in [2.24, 2.45) is 7.05 Å². The van der Waals surface area contributed by atoms with Gasteiger partial charge in [-0.1, -0.05) is 85.3 Å². The van der Waals surface area contributed by atoms with Gasteiger partial charge in [0.1, 0.15) is 0 Å². The molecule has 6 nitrogen and oxygen atoms in total. The van der Waals surface area contributed by atoms with Crippen LogP contribution in [0.2, 0.25) is 0 Å². The number of nitrogens with one attached hydrogen (secondary N) is 1. The highest BCUT2D eigenvalue weighted by Crippen LogP contribution is 2.25. The van der Waals surface area contributed by atoms with Crippen molar-refractivity contribution in [2.75, 3.05) is 5.75 Å². The van der Waals surface area contributed by atoms with Crippen molar-refractivity contribution in [2.45, 2.75) is 63.6 Å². The molecule has 3 rings (SSSR count). The molecule has 0 amide bonds. The van der Waals surface area contributed by atoms with Crippen LogP contribution in [0.1, 0.15) is 57.4 Å². The Morgan fingerprint density at radius 3 is 2.57 bits per heavy atom. The number of rotatable bonds is 11. The van der Waals surface area contributed by atoms with Crippen molar-refractivity contribution in [1.29, 1.82) is 0 Å². The molecule has 0 aliphatic rings. The van der Waals surface area contributed by atoms with Crippen LogP contribution in [-0.2, 0) is 13.6 Å². The summed E-state index contributed by atoms with van der Waals surface area (Å²) in [7, 11) is 1.64. The number of unbranched alkanes of at least 4 members (excludes halogenated alkanes) is 6. The summed E-state index contributed by atoms with van der Waals surface area (Å²) >= 11 is 5.17. The van der Waals surface area contributed by atoms with Crippen molar-refractivity contribution >= 4 is 38.9 Å². The lowest BCUT2D eigenvalue weighted by molar-refractivity contribution is 0.603. The van der Waals surface area contributed by atoms with Crippen LogP contribution in [0.5, 0.6) is 0 Å². The molecule has 0 bridgehead atoms. The van der Waals surface area contributed by atoms with Gasteiger partial charge in [0.25, 0.3) is 5.56 Å². The van der Waals surface area contributed by atoms with E-state index in [1.807, 2.05) is 28.8 Å². The third kappa shape index (κ3) is 5.66. The van der Waals surface area contributed by atoms with Crippen molar-refractivity contribution < 1.29 is 0 Å². The first-order chi connectivity index (χ1) is 14.5. The average molecular weight is 493 g/mol. The van der Waals surface area contributed by atoms with E-state index >= 15 is 0 Å². The third-order valence-corrected chi connectivity index (χ3v) is 6.74. The molecule has 0 radical (unpaired) electrons. The van der Waals surface area contributed by atoms with Gasteiger partial charge in [-0.3, -0.25) is 14.3 Å². The topological polar surface area (TPSA) is 72.7 Å². The van der Waals surface area contributed by atoms with Crippen LogP contribution >= 0.6 is 27.7 Å². The number of nitrogens with zero attached hydrogens (tertiary/aromatic N) is 3. The normalized spacial score (nSPS) is 11.4. The molecule has 162 valence electrons. The van der Waals surface area contributed by atoms with E-state index in [0.29, 0.717) is 17.7 Å². The number of imidazole rings is 1. The molecular weight excluding hydrogens is 464 g/mol. The standard InChI is InChI=1S/C22H29BrN4O2S/c1-3-4-5-6-7-8-9-13-30-22-24-19-18(20(28)25-21(29)26(19)2)27(22)15-16-11-10-12-17(23)14-16/h10-12,14H,3-9,13,15H2,1-2H3,(H,25,28,29). The Hall–Kier alpha value is -1.80. The summed E-state index contributed by atoms with van der Waals surface area (Å²) in [5, 5.41) is 0.780. The van der Waals surface area contributed by atoms with Crippen LogP contribution in [0.4, 0.5) is 0 Å². The van der Waals surface area contributed by atoms with Crippen LogP contribution < -0.4 is 11.2 Å². The summed E-state index contributed by atoms with van der Waals surface area (Å²) in [5.74, 6) is 0.946. The third-order valence-electron chi connectivity index (χ3n) is 5.18. The van der Waals surface area contributed by atoms with E-state index in [-0.39, 0.29) is 0 Å². The highest BCUT2D eigenvalue weighted by Gasteiger charge is 2.18. The highest BCUT2D eigenvalue weighted by atomic mass is 79.9. The molecule has 0 atom stereocenters. The fraction of sp³-hybridized carbons (Fsp3) is 0.500. The van der Waals surface area contributed by atoms with Gasteiger partial charge in [-0.25, -0.2) is 9.78 Å². The fourth-order valence-electron chi connectivity index (χ4n) is 3.51. The minimum Gasteiger partial charge on any atom is -0.309 e. The second-order valence-corrected chi connectivity index (χ2v) is 9.55. The average Bonchev–Trinajstić information content (AvgIpc) is 3.07. The van der Waals surface area contributed by atoms with Crippen LogP contribution in [0.3, 0.4) is 0 Å². The molecule has 3 aromatic rings. The number of aromatic amines is 1. The van der Waals surface area contributed by atoms with Gasteiger partial charge in [-0.2, -0.15) is 0 Å². The van der Waals surface area contributed by atoms with Crippen molar-refractivity contribution in [3.63, 3.8) is 0 Å². The molecule has 0 saturated heterocycles. The fourth-order valence-corrected chi connectivity index (χ4v) is 4.95. The van der Waals surface area contributed by atoms with Crippen molar-refractivity contribution in [3.8, 4) is 0 Å². The molecule has 0 aliphatic carbocycles. The Morgan fingerprint density at radius 2 is 1.83 bits per heavy atom. The van der Waals surface area contributed by atoms with Crippen molar-refractivity contribution in [1.82, 2.24) is 19.1 Å². The molecule has 0 unspecified atom stereocenters. The van der Waals surface area contributed by atoms with Gasteiger partial charge in [-0.05, 0) is 24.1 Å². The van der Waals surface area contributed by atoms with Crippen LogP contribution in [-0.4, -0.2) is 24.9 Å². The van der Waals surface area contributed by atoms with Crippen LogP contribution in [0.25, 0.3) is 11.2 Å². The Labute approximate surface area is 189 Å². The monoisotopic (exact) mass is 492 g/mol.